The Morgan fingerprint density at radius 2 is 2.00 bits per heavy atom. The molecule has 0 aromatic carbocycles. The van der Waals surface area contributed by atoms with Crippen LogP contribution in [0.1, 0.15) is 5.89 Å². The zero-order chi connectivity index (χ0) is 7.78. The van der Waals surface area contributed by atoms with Gasteiger partial charge in [0.25, 0.3) is 0 Å². The van der Waals surface area contributed by atoms with Gasteiger partial charge in [-0.25, -0.2) is 8.42 Å². The summed E-state index contributed by atoms with van der Waals surface area (Å²) in [5.41, 5.74) is 0. The van der Waals surface area contributed by atoms with E-state index in [1.54, 1.807) is 0 Å². The predicted octanol–water partition coefficient (Wildman–Crippen LogP) is -0.218. The summed E-state index contributed by atoms with van der Waals surface area (Å²) in [5.74, 6) is 0.250. The highest BCUT2D eigenvalue weighted by Crippen LogP contribution is 2.04. The van der Waals surface area contributed by atoms with Gasteiger partial charge >= 0.3 is 5.22 Å². The van der Waals surface area contributed by atoms with E-state index in [0.29, 0.717) is 0 Å². The highest BCUT2D eigenvalue weighted by Gasteiger charge is 2.13. The first kappa shape index (κ1) is 7.20. The first-order valence-corrected chi connectivity index (χ1v) is 4.39. The van der Waals surface area contributed by atoms with Gasteiger partial charge in [-0.2, -0.15) is 0 Å². The fraction of sp³-hybridized carbons (Fsp3) is 0.500. The van der Waals surface area contributed by atoms with Gasteiger partial charge in [-0.3, -0.25) is 0 Å². The molecule has 0 bridgehead atoms. The van der Waals surface area contributed by atoms with Crippen LogP contribution in [0.25, 0.3) is 0 Å². The third kappa shape index (κ3) is 1.32. The van der Waals surface area contributed by atoms with Crippen LogP contribution in [0.15, 0.2) is 9.64 Å². The number of rotatable bonds is 1. The second kappa shape index (κ2) is 2.05. The Labute approximate surface area is 58.0 Å². The largest absolute Gasteiger partial charge is 0.413 e. The standard InChI is InChI=1S/C4H6N2O3S/c1-3-5-6-4(9-3)10(2,7)8/h1-2H3. The van der Waals surface area contributed by atoms with Gasteiger partial charge in [0.05, 0.1) is 0 Å². The lowest BCUT2D eigenvalue weighted by molar-refractivity contribution is 0.411. The molecule has 1 heterocycles. The molecule has 1 aromatic heterocycles. The van der Waals surface area contributed by atoms with E-state index >= 15 is 0 Å². The zero-order valence-corrected chi connectivity index (χ0v) is 6.34. The molecule has 0 fully saturated rings. The van der Waals surface area contributed by atoms with Crippen LogP contribution in [0.2, 0.25) is 0 Å². The average molecular weight is 162 g/mol. The van der Waals surface area contributed by atoms with Gasteiger partial charge in [-0.05, 0) is 0 Å². The number of aryl methyl sites for hydroxylation is 1. The Morgan fingerprint density at radius 3 is 2.20 bits per heavy atom. The van der Waals surface area contributed by atoms with Crippen molar-refractivity contribution < 1.29 is 12.8 Å². The summed E-state index contributed by atoms with van der Waals surface area (Å²) in [6.07, 6.45) is 1.01. The third-order valence-electron chi connectivity index (χ3n) is 0.825. The van der Waals surface area contributed by atoms with Gasteiger partial charge in [0, 0.05) is 13.2 Å². The van der Waals surface area contributed by atoms with Crippen molar-refractivity contribution in [3.8, 4) is 0 Å². The molecular formula is C4H6N2O3S. The molecule has 0 N–H and O–H groups in total. The average Bonchev–Trinajstić information content (AvgIpc) is 2.11. The third-order valence-corrected chi connectivity index (χ3v) is 1.62. The van der Waals surface area contributed by atoms with Gasteiger partial charge in [-0.1, -0.05) is 5.10 Å². The molecule has 0 atom stereocenters. The minimum atomic E-state index is -3.32. The van der Waals surface area contributed by atoms with Crippen molar-refractivity contribution in [3.05, 3.63) is 5.89 Å². The highest BCUT2D eigenvalue weighted by atomic mass is 32.2. The van der Waals surface area contributed by atoms with Crippen LogP contribution in [-0.2, 0) is 9.84 Å². The van der Waals surface area contributed by atoms with Crippen LogP contribution in [0.3, 0.4) is 0 Å². The molecule has 0 aliphatic heterocycles. The lowest BCUT2D eigenvalue weighted by Gasteiger charge is -1.83. The highest BCUT2D eigenvalue weighted by molar-refractivity contribution is 7.90. The van der Waals surface area contributed by atoms with Crippen molar-refractivity contribution in [3.63, 3.8) is 0 Å². The van der Waals surface area contributed by atoms with Crippen LogP contribution < -0.4 is 0 Å². The summed E-state index contributed by atoms with van der Waals surface area (Å²) < 4.78 is 25.9. The van der Waals surface area contributed by atoms with E-state index in [-0.39, 0.29) is 11.1 Å². The molecule has 0 aliphatic rings. The minimum absolute atomic E-state index is 0.250. The summed E-state index contributed by atoms with van der Waals surface area (Å²) in [6, 6.07) is 0. The molecule has 0 radical (unpaired) electrons. The number of hydrogen-bond acceptors (Lipinski definition) is 5. The Kier molecular flexibility index (Phi) is 1.47. The Hall–Kier alpha value is -0.910. The van der Waals surface area contributed by atoms with E-state index in [9.17, 15) is 8.42 Å². The normalized spacial score (nSPS) is 11.8. The maximum absolute atomic E-state index is 10.6. The van der Waals surface area contributed by atoms with Gasteiger partial charge < -0.3 is 4.42 Å². The van der Waals surface area contributed by atoms with Crippen LogP contribution in [0.4, 0.5) is 0 Å². The second-order valence-electron chi connectivity index (χ2n) is 1.86. The van der Waals surface area contributed by atoms with E-state index in [1.165, 1.54) is 6.92 Å². The Bertz CT molecular complexity index is 326. The monoisotopic (exact) mass is 162 g/mol. The summed E-state index contributed by atoms with van der Waals surface area (Å²) >= 11 is 0. The van der Waals surface area contributed by atoms with Crippen LogP contribution in [0, 0.1) is 6.92 Å². The van der Waals surface area contributed by atoms with E-state index in [0.717, 1.165) is 6.26 Å². The van der Waals surface area contributed by atoms with Gasteiger partial charge in [-0.15, -0.1) is 5.10 Å². The predicted molar refractivity (Wildman–Crippen MR) is 32.1 cm³/mol. The first-order valence-electron chi connectivity index (χ1n) is 2.50. The molecule has 0 unspecified atom stereocenters. The fourth-order valence-electron chi connectivity index (χ4n) is 0.428. The van der Waals surface area contributed by atoms with Gasteiger partial charge in [0.1, 0.15) is 0 Å². The van der Waals surface area contributed by atoms with Crippen molar-refractivity contribution in [2.75, 3.05) is 6.26 Å². The molecule has 56 valence electrons. The van der Waals surface area contributed by atoms with E-state index in [1.807, 2.05) is 0 Å². The SMILES string of the molecule is Cc1nnc(S(C)(=O)=O)o1. The number of sulfone groups is 1. The summed E-state index contributed by atoms with van der Waals surface area (Å²) in [7, 11) is -3.32. The van der Waals surface area contributed by atoms with Crippen LogP contribution >= 0.6 is 0 Å². The minimum Gasteiger partial charge on any atom is -0.413 e. The number of nitrogens with zero attached hydrogens (tertiary/aromatic N) is 2. The Morgan fingerprint density at radius 1 is 1.40 bits per heavy atom. The topological polar surface area (TPSA) is 73.1 Å². The maximum Gasteiger partial charge on any atom is 0.335 e. The quantitative estimate of drug-likeness (QED) is 0.570. The molecule has 6 heteroatoms. The smallest absolute Gasteiger partial charge is 0.335 e. The van der Waals surface area contributed by atoms with E-state index in [2.05, 4.69) is 14.6 Å². The number of aromatic nitrogens is 2. The molecule has 0 saturated heterocycles. The van der Waals surface area contributed by atoms with Crippen LogP contribution in [-0.4, -0.2) is 24.9 Å². The second-order valence-corrected chi connectivity index (χ2v) is 3.75. The molecule has 1 rings (SSSR count). The molecule has 0 spiro atoms. The van der Waals surface area contributed by atoms with Crippen molar-refractivity contribution >= 4 is 9.84 Å². The van der Waals surface area contributed by atoms with Crippen molar-refractivity contribution in [1.29, 1.82) is 0 Å². The number of hydrogen-bond donors (Lipinski definition) is 0. The van der Waals surface area contributed by atoms with E-state index in [4.69, 9.17) is 0 Å². The fourth-order valence-corrected chi connectivity index (χ4v) is 0.889. The maximum atomic E-state index is 10.6. The molecule has 0 amide bonds. The van der Waals surface area contributed by atoms with Gasteiger partial charge in [0.15, 0.2) is 0 Å². The van der Waals surface area contributed by atoms with Crippen molar-refractivity contribution in [2.24, 2.45) is 0 Å². The molecule has 1 aromatic rings. The van der Waals surface area contributed by atoms with E-state index < -0.39 is 9.84 Å². The van der Waals surface area contributed by atoms with Crippen molar-refractivity contribution in [2.45, 2.75) is 12.1 Å². The lowest BCUT2D eigenvalue weighted by Crippen LogP contribution is -1.96. The zero-order valence-electron chi connectivity index (χ0n) is 5.53. The molecule has 0 aliphatic carbocycles. The summed E-state index contributed by atoms with van der Waals surface area (Å²) in [4.78, 5) is 0. The Balaban J connectivity index is 3.21. The van der Waals surface area contributed by atoms with Gasteiger partial charge in [0.2, 0.25) is 15.7 Å². The first-order chi connectivity index (χ1) is 4.50. The molecule has 0 saturated carbocycles. The summed E-state index contributed by atoms with van der Waals surface area (Å²) in [5, 5.41) is 6.34. The van der Waals surface area contributed by atoms with Crippen molar-refractivity contribution in [1.82, 2.24) is 10.2 Å². The molecular weight excluding hydrogens is 156 g/mol. The summed E-state index contributed by atoms with van der Waals surface area (Å²) in [6.45, 7) is 1.53. The van der Waals surface area contributed by atoms with Crippen LogP contribution in [0.5, 0.6) is 0 Å². The molecule has 5 nitrogen and oxygen atoms in total. The lowest BCUT2D eigenvalue weighted by atomic mass is 10.8. The molecule has 10 heavy (non-hydrogen) atoms.